The van der Waals surface area contributed by atoms with Gasteiger partial charge in [-0.05, 0) is 43.0 Å². The van der Waals surface area contributed by atoms with E-state index in [1.54, 1.807) is 7.05 Å². The minimum atomic E-state index is 0.0560. The molecule has 1 heterocycles. The first kappa shape index (κ1) is 22.8. The van der Waals surface area contributed by atoms with Crippen molar-refractivity contribution in [2.24, 2.45) is 4.99 Å². The van der Waals surface area contributed by atoms with Crippen molar-refractivity contribution in [2.45, 2.75) is 58.3 Å². The molecule has 0 aliphatic carbocycles. The number of anilines is 1. The van der Waals surface area contributed by atoms with E-state index in [0.29, 0.717) is 25.0 Å². The van der Waals surface area contributed by atoms with Crippen molar-refractivity contribution >= 4 is 17.6 Å². The molecule has 0 bridgehead atoms. The first-order valence-electron chi connectivity index (χ1n) is 11.2. The smallest absolute Gasteiger partial charge is 0.224 e. The van der Waals surface area contributed by atoms with E-state index >= 15 is 0 Å². The van der Waals surface area contributed by atoms with Crippen LogP contribution < -0.4 is 16.0 Å². The third-order valence-corrected chi connectivity index (χ3v) is 5.64. The van der Waals surface area contributed by atoms with Crippen molar-refractivity contribution in [2.75, 3.05) is 18.9 Å². The normalized spacial score (nSPS) is 19.3. The Labute approximate surface area is 186 Å². The van der Waals surface area contributed by atoms with Crippen LogP contribution in [0, 0.1) is 0 Å². The highest BCUT2D eigenvalue weighted by Crippen LogP contribution is 2.20. The molecule has 1 aliphatic heterocycles. The number of aliphatic imine (C=N–C) groups is 1. The first-order chi connectivity index (χ1) is 15.1. The number of carbonyl (C=O) groups is 1. The van der Waals surface area contributed by atoms with E-state index in [2.05, 4.69) is 69.2 Å². The molecule has 3 N–H and O–H groups in total. The van der Waals surface area contributed by atoms with E-state index in [1.807, 2.05) is 25.1 Å². The summed E-state index contributed by atoms with van der Waals surface area (Å²) in [6, 6.07) is 19.5. The maximum Gasteiger partial charge on any atom is 0.224 e. The molecule has 166 valence electrons. The number of hydrogen-bond acceptors (Lipinski definition) is 3. The molecule has 31 heavy (non-hydrogen) atoms. The molecule has 1 amide bonds. The van der Waals surface area contributed by atoms with Crippen LogP contribution in [-0.4, -0.2) is 42.4 Å². The lowest BCUT2D eigenvalue weighted by Gasteiger charge is -2.21. The molecule has 3 rings (SSSR count). The Morgan fingerprint density at radius 2 is 1.90 bits per heavy atom. The standard InChI is InChI=1S/C25H35N5O/c1-4-9-24(31)28-22-13-8-12-21(15-22)16-27-25(26-3)29-23-14-19(2)30(18-23)17-20-10-6-5-7-11-20/h5-8,10-13,15,19,23H,4,9,14,16-18H2,1-3H3,(H,28,31)(H2,26,27,29). The summed E-state index contributed by atoms with van der Waals surface area (Å²) in [6.07, 6.45) is 2.48. The van der Waals surface area contributed by atoms with Gasteiger partial charge in [0.25, 0.3) is 0 Å². The van der Waals surface area contributed by atoms with Crippen molar-refractivity contribution in [3.8, 4) is 0 Å². The molecule has 2 aromatic rings. The number of guanidine groups is 1. The van der Waals surface area contributed by atoms with Crippen molar-refractivity contribution in [1.29, 1.82) is 0 Å². The minimum absolute atomic E-state index is 0.0560. The summed E-state index contributed by atoms with van der Waals surface area (Å²) in [6.45, 7) is 6.91. The largest absolute Gasteiger partial charge is 0.352 e. The summed E-state index contributed by atoms with van der Waals surface area (Å²) >= 11 is 0. The molecule has 6 nitrogen and oxygen atoms in total. The van der Waals surface area contributed by atoms with Gasteiger partial charge in [0.05, 0.1) is 0 Å². The SMILES string of the molecule is CCCC(=O)Nc1cccc(CNC(=NC)NC2CC(C)N(Cc3ccccc3)C2)c1. The van der Waals surface area contributed by atoms with E-state index in [0.717, 1.165) is 43.1 Å². The zero-order chi connectivity index (χ0) is 22.1. The van der Waals surface area contributed by atoms with E-state index < -0.39 is 0 Å². The fourth-order valence-electron chi connectivity index (χ4n) is 4.02. The topological polar surface area (TPSA) is 68.8 Å². The number of likely N-dealkylation sites (tertiary alicyclic amines) is 1. The fourth-order valence-corrected chi connectivity index (χ4v) is 4.02. The second-order valence-corrected chi connectivity index (χ2v) is 8.27. The molecule has 0 spiro atoms. The minimum Gasteiger partial charge on any atom is -0.352 e. The van der Waals surface area contributed by atoms with Gasteiger partial charge in [-0.25, -0.2) is 0 Å². The number of rotatable bonds is 8. The van der Waals surface area contributed by atoms with E-state index in [9.17, 15) is 4.79 Å². The van der Waals surface area contributed by atoms with Crippen LogP contribution in [0.4, 0.5) is 5.69 Å². The summed E-state index contributed by atoms with van der Waals surface area (Å²) in [5, 5.41) is 9.93. The van der Waals surface area contributed by atoms with Gasteiger partial charge in [0.15, 0.2) is 5.96 Å². The van der Waals surface area contributed by atoms with E-state index in [4.69, 9.17) is 0 Å². The van der Waals surface area contributed by atoms with Crippen LogP contribution in [-0.2, 0) is 17.9 Å². The highest BCUT2D eigenvalue weighted by molar-refractivity contribution is 5.90. The number of nitrogens with one attached hydrogen (secondary N) is 3. The van der Waals surface area contributed by atoms with Gasteiger partial charge >= 0.3 is 0 Å². The fraction of sp³-hybridized carbons (Fsp3) is 0.440. The predicted octanol–water partition coefficient (Wildman–Crippen LogP) is 3.75. The molecule has 0 saturated carbocycles. The molecule has 6 heteroatoms. The average molecular weight is 422 g/mol. The van der Waals surface area contributed by atoms with Gasteiger partial charge < -0.3 is 16.0 Å². The second kappa shape index (κ2) is 11.5. The summed E-state index contributed by atoms with van der Waals surface area (Å²) in [4.78, 5) is 18.8. The average Bonchev–Trinajstić information content (AvgIpc) is 3.11. The molecule has 0 aromatic heterocycles. The number of carbonyl (C=O) groups excluding carboxylic acids is 1. The summed E-state index contributed by atoms with van der Waals surface area (Å²) in [5.41, 5.74) is 3.29. The van der Waals surface area contributed by atoms with Gasteiger partial charge in [-0.15, -0.1) is 0 Å². The van der Waals surface area contributed by atoms with Crippen molar-refractivity contribution in [1.82, 2.24) is 15.5 Å². The molecule has 0 radical (unpaired) electrons. The van der Waals surface area contributed by atoms with Crippen LogP contribution in [0.15, 0.2) is 59.6 Å². The summed E-state index contributed by atoms with van der Waals surface area (Å²) < 4.78 is 0. The monoisotopic (exact) mass is 421 g/mol. The van der Waals surface area contributed by atoms with Crippen LogP contribution in [0.2, 0.25) is 0 Å². The Bertz CT molecular complexity index is 867. The number of amides is 1. The first-order valence-corrected chi connectivity index (χ1v) is 11.2. The van der Waals surface area contributed by atoms with Crippen LogP contribution in [0.3, 0.4) is 0 Å². The molecule has 2 aromatic carbocycles. The maximum atomic E-state index is 11.8. The Balaban J connectivity index is 1.49. The Morgan fingerprint density at radius 1 is 1.13 bits per heavy atom. The molecular formula is C25H35N5O. The van der Waals surface area contributed by atoms with E-state index in [1.165, 1.54) is 5.56 Å². The van der Waals surface area contributed by atoms with Crippen LogP contribution >= 0.6 is 0 Å². The van der Waals surface area contributed by atoms with Crippen LogP contribution in [0.1, 0.15) is 44.2 Å². The third-order valence-electron chi connectivity index (χ3n) is 5.64. The number of hydrogen-bond donors (Lipinski definition) is 3. The van der Waals surface area contributed by atoms with Crippen LogP contribution in [0.25, 0.3) is 0 Å². The predicted molar refractivity (Wildman–Crippen MR) is 128 cm³/mol. The summed E-state index contributed by atoms with van der Waals surface area (Å²) in [5.74, 6) is 0.861. The molecular weight excluding hydrogens is 386 g/mol. The quantitative estimate of drug-likeness (QED) is 0.449. The van der Waals surface area contributed by atoms with Gasteiger partial charge in [-0.1, -0.05) is 49.4 Å². The second-order valence-electron chi connectivity index (χ2n) is 8.27. The van der Waals surface area contributed by atoms with Crippen molar-refractivity contribution < 1.29 is 4.79 Å². The number of nitrogens with zero attached hydrogens (tertiary/aromatic N) is 2. The lowest BCUT2D eigenvalue weighted by Crippen LogP contribution is -2.44. The van der Waals surface area contributed by atoms with Gasteiger partial charge in [0.2, 0.25) is 5.91 Å². The molecule has 2 unspecified atom stereocenters. The Kier molecular flexibility index (Phi) is 8.47. The lowest BCUT2D eigenvalue weighted by atomic mass is 10.2. The number of benzene rings is 2. The Hall–Kier alpha value is -2.86. The molecule has 1 fully saturated rings. The Morgan fingerprint density at radius 3 is 2.65 bits per heavy atom. The highest BCUT2D eigenvalue weighted by Gasteiger charge is 2.29. The zero-order valence-corrected chi connectivity index (χ0v) is 18.9. The van der Waals surface area contributed by atoms with E-state index in [-0.39, 0.29) is 5.91 Å². The van der Waals surface area contributed by atoms with Crippen molar-refractivity contribution in [3.05, 3.63) is 65.7 Å². The van der Waals surface area contributed by atoms with Gasteiger partial charge in [0.1, 0.15) is 0 Å². The summed E-state index contributed by atoms with van der Waals surface area (Å²) in [7, 11) is 1.80. The molecule has 1 aliphatic rings. The lowest BCUT2D eigenvalue weighted by molar-refractivity contribution is -0.116. The maximum absolute atomic E-state index is 11.8. The van der Waals surface area contributed by atoms with Gasteiger partial charge in [-0.2, -0.15) is 0 Å². The zero-order valence-electron chi connectivity index (χ0n) is 18.9. The van der Waals surface area contributed by atoms with Gasteiger partial charge in [-0.3, -0.25) is 14.7 Å². The van der Waals surface area contributed by atoms with Crippen LogP contribution in [0.5, 0.6) is 0 Å². The molecule has 2 atom stereocenters. The van der Waals surface area contributed by atoms with Gasteiger partial charge in [0, 0.05) is 50.9 Å². The van der Waals surface area contributed by atoms with Crippen molar-refractivity contribution in [3.63, 3.8) is 0 Å². The third kappa shape index (κ3) is 7.10. The molecule has 1 saturated heterocycles. The highest BCUT2D eigenvalue weighted by atomic mass is 16.1.